The Hall–Kier alpha value is -2.15. The number of hydrogen-bond donors (Lipinski definition) is 3. The van der Waals surface area contributed by atoms with Gasteiger partial charge in [0.25, 0.3) is 5.91 Å². The lowest BCUT2D eigenvalue weighted by atomic mass is 10.2. The summed E-state index contributed by atoms with van der Waals surface area (Å²) in [7, 11) is 0. The molecule has 2 atom stereocenters. The van der Waals surface area contributed by atoms with Gasteiger partial charge in [0.15, 0.2) is 17.7 Å². The third kappa shape index (κ3) is 3.00. The van der Waals surface area contributed by atoms with Gasteiger partial charge >= 0.3 is 5.97 Å². The summed E-state index contributed by atoms with van der Waals surface area (Å²) < 4.78 is 18.1. The first-order valence-electron chi connectivity index (χ1n) is 5.65. The molecule has 0 spiro atoms. The van der Waals surface area contributed by atoms with Crippen molar-refractivity contribution in [2.45, 2.75) is 25.0 Å². The van der Waals surface area contributed by atoms with E-state index in [9.17, 15) is 14.0 Å². The topological polar surface area (TPSA) is 95.9 Å². The Kier molecular flexibility index (Phi) is 3.66. The molecule has 1 heterocycles. The number of phenols is 1. The van der Waals surface area contributed by atoms with Gasteiger partial charge in [0.1, 0.15) is 6.10 Å². The number of anilines is 1. The second kappa shape index (κ2) is 5.23. The van der Waals surface area contributed by atoms with Crippen molar-refractivity contribution in [3.8, 4) is 5.75 Å². The van der Waals surface area contributed by atoms with Gasteiger partial charge in [0, 0.05) is 11.8 Å². The van der Waals surface area contributed by atoms with Gasteiger partial charge in [-0.05, 0) is 25.0 Å². The van der Waals surface area contributed by atoms with Gasteiger partial charge in [0.05, 0.1) is 0 Å². The SMILES string of the molecule is O=C(Nc1ccc(O)c(F)c1)[C@@H]1CC[C@H](C(=O)O)O1. The van der Waals surface area contributed by atoms with Crippen molar-refractivity contribution in [1.29, 1.82) is 0 Å². The molecular weight excluding hydrogens is 257 g/mol. The van der Waals surface area contributed by atoms with Crippen LogP contribution in [0, 0.1) is 5.82 Å². The molecule has 1 aromatic rings. The molecule has 0 saturated carbocycles. The van der Waals surface area contributed by atoms with Gasteiger partial charge in [-0.3, -0.25) is 4.79 Å². The van der Waals surface area contributed by atoms with E-state index in [2.05, 4.69) is 5.32 Å². The number of amides is 1. The van der Waals surface area contributed by atoms with Crippen LogP contribution in [-0.4, -0.2) is 34.3 Å². The lowest BCUT2D eigenvalue weighted by molar-refractivity contribution is -0.150. The van der Waals surface area contributed by atoms with Crippen LogP contribution in [0.5, 0.6) is 5.75 Å². The number of carboxylic acid groups (broad SMARTS) is 1. The fourth-order valence-corrected chi connectivity index (χ4v) is 1.82. The maximum absolute atomic E-state index is 13.1. The molecule has 1 aromatic carbocycles. The van der Waals surface area contributed by atoms with Crippen LogP contribution < -0.4 is 5.32 Å². The van der Waals surface area contributed by atoms with Crippen LogP contribution in [0.25, 0.3) is 0 Å². The molecule has 6 nitrogen and oxygen atoms in total. The largest absolute Gasteiger partial charge is 0.505 e. The van der Waals surface area contributed by atoms with E-state index in [4.69, 9.17) is 14.9 Å². The molecule has 19 heavy (non-hydrogen) atoms. The molecule has 0 radical (unpaired) electrons. The highest BCUT2D eigenvalue weighted by Crippen LogP contribution is 2.23. The smallest absolute Gasteiger partial charge is 0.332 e. The number of phenolic OH excluding ortho intramolecular Hbond substituents is 1. The normalized spacial score (nSPS) is 22.2. The lowest BCUT2D eigenvalue weighted by Gasteiger charge is -2.12. The van der Waals surface area contributed by atoms with Crippen LogP contribution in [0.3, 0.4) is 0 Å². The Morgan fingerprint density at radius 2 is 2.00 bits per heavy atom. The summed E-state index contributed by atoms with van der Waals surface area (Å²) >= 11 is 0. The van der Waals surface area contributed by atoms with Gasteiger partial charge in [0.2, 0.25) is 0 Å². The van der Waals surface area contributed by atoms with E-state index in [1.807, 2.05) is 0 Å². The average molecular weight is 269 g/mol. The van der Waals surface area contributed by atoms with Crippen LogP contribution in [0.15, 0.2) is 18.2 Å². The van der Waals surface area contributed by atoms with Gasteiger partial charge in [-0.2, -0.15) is 0 Å². The summed E-state index contributed by atoms with van der Waals surface area (Å²) in [4.78, 5) is 22.4. The quantitative estimate of drug-likeness (QED) is 0.714. The molecule has 7 heteroatoms. The molecule has 0 bridgehead atoms. The number of halogens is 1. The van der Waals surface area contributed by atoms with Crippen LogP contribution in [0.1, 0.15) is 12.8 Å². The van der Waals surface area contributed by atoms with Crippen LogP contribution in [-0.2, 0) is 14.3 Å². The van der Waals surface area contributed by atoms with Gasteiger partial charge < -0.3 is 20.3 Å². The number of aliphatic carboxylic acids is 1. The van der Waals surface area contributed by atoms with E-state index in [0.717, 1.165) is 12.1 Å². The van der Waals surface area contributed by atoms with Crippen LogP contribution in [0.4, 0.5) is 10.1 Å². The maximum atomic E-state index is 13.1. The van der Waals surface area contributed by atoms with Crippen molar-refractivity contribution in [3.05, 3.63) is 24.0 Å². The molecule has 3 N–H and O–H groups in total. The number of rotatable bonds is 3. The van der Waals surface area contributed by atoms with E-state index in [0.29, 0.717) is 6.42 Å². The fraction of sp³-hybridized carbons (Fsp3) is 0.333. The molecule has 1 amide bonds. The second-order valence-corrected chi connectivity index (χ2v) is 4.18. The Morgan fingerprint density at radius 3 is 2.58 bits per heavy atom. The Morgan fingerprint density at radius 1 is 1.32 bits per heavy atom. The number of carboxylic acids is 1. The number of nitrogens with one attached hydrogen (secondary N) is 1. The van der Waals surface area contributed by atoms with E-state index in [-0.39, 0.29) is 12.1 Å². The zero-order chi connectivity index (χ0) is 14.0. The first-order chi connectivity index (χ1) is 8.97. The summed E-state index contributed by atoms with van der Waals surface area (Å²) in [6.45, 7) is 0. The first kappa shape index (κ1) is 13.3. The number of aromatic hydroxyl groups is 1. The highest BCUT2D eigenvalue weighted by atomic mass is 19.1. The van der Waals surface area contributed by atoms with Crippen LogP contribution >= 0.6 is 0 Å². The summed E-state index contributed by atoms with van der Waals surface area (Å²) in [5.41, 5.74) is 0.169. The molecule has 1 aliphatic heterocycles. The van der Waals surface area contributed by atoms with Crippen LogP contribution in [0.2, 0.25) is 0 Å². The van der Waals surface area contributed by atoms with E-state index in [1.165, 1.54) is 6.07 Å². The molecule has 1 fully saturated rings. The average Bonchev–Trinajstić information content (AvgIpc) is 2.83. The minimum atomic E-state index is -1.11. The Labute approximate surface area is 107 Å². The second-order valence-electron chi connectivity index (χ2n) is 4.18. The maximum Gasteiger partial charge on any atom is 0.332 e. The fourth-order valence-electron chi connectivity index (χ4n) is 1.82. The van der Waals surface area contributed by atoms with E-state index >= 15 is 0 Å². The van der Waals surface area contributed by atoms with E-state index < -0.39 is 35.7 Å². The highest BCUT2D eigenvalue weighted by molar-refractivity contribution is 5.94. The predicted octanol–water partition coefficient (Wildman–Crippen LogP) is 1.10. The van der Waals surface area contributed by atoms with Gasteiger partial charge in [-0.25, -0.2) is 9.18 Å². The Bertz CT molecular complexity index is 519. The zero-order valence-corrected chi connectivity index (χ0v) is 9.80. The molecule has 1 saturated heterocycles. The summed E-state index contributed by atoms with van der Waals surface area (Å²) in [5, 5.41) is 20.1. The monoisotopic (exact) mass is 269 g/mol. The first-order valence-corrected chi connectivity index (χ1v) is 5.65. The molecule has 0 aromatic heterocycles. The Balaban J connectivity index is 1.98. The van der Waals surface area contributed by atoms with E-state index in [1.54, 1.807) is 0 Å². The van der Waals surface area contributed by atoms with Gasteiger partial charge in [-0.15, -0.1) is 0 Å². The van der Waals surface area contributed by atoms with Crippen molar-refractivity contribution >= 4 is 17.6 Å². The van der Waals surface area contributed by atoms with Crippen molar-refractivity contribution in [2.24, 2.45) is 0 Å². The number of benzene rings is 1. The van der Waals surface area contributed by atoms with Gasteiger partial charge in [-0.1, -0.05) is 0 Å². The summed E-state index contributed by atoms with van der Waals surface area (Å²) in [5.74, 6) is -3.01. The number of hydrogen-bond acceptors (Lipinski definition) is 4. The minimum absolute atomic E-state index is 0.169. The van der Waals surface area contributed by atoms with Crippen molar-refractivity contribution < 1.29 is 28.9 Å². The molecule has 0 aliphatic carbocycles. The highest BCUT2D eigenvalue weighted by Gasteiger charge is 2.34. The van der Waals surface area contributed by atoms with Crippen molar-refractivity contribution in [1.82, 2.24) is 0 Å². The lowest BCUT2D eigenvalue weighted by Crippen LogP contribution is -2.29. The number of carbonyl (C=O) groups excluding carboxylic acids is 1. The number of carbonyl (C=O) groups is 2. The molecule has 0 unspecified atom stereocenters. The molecule has 2 rings (SSSR count). The predicted molar refractivity (Wildman–Crippen MR) is 62.2 cm³/mol. The summed E-state index contributed by atoms with van der Waals surface area (Å²) in [6, 6.07) is 3.41. The van der Waals surface area contributed by atoms with Crippen molar-refractivity contribution in [3.63, 3.8) is 0 Å². The zero-order valence-electron chi connectivity index (χ0n) is 9.80. The third-order valence-corrected chi connectivity index (χ3v) is 2.80. The standard InChI is InChI=1S/C12H12FNO5/c13-7-5-6(1-2-8(7)15)14-11(16)9-3-4-10(19-9)12(17)18/h1-2,5,9-10,15H,3-4H2,(H,14,16)(H,17,18)/t9-,10+/m0/s1. The van der Waals surface area contributed by atoms with Crippen molar-refractivity contribution in [2.75, 3.05) is 5.32 Å². The molecule has 102 valence electrons. The summed E-state index contributed by atoms with van der Waals surface area (Å²) in [6.07, 6.45) is -1.29. The molecule has 1 aliphatic rings. The molecular formula is C12H12FNO5. The minimum Gasteiger partial charge on any atom is -0.505 e. The number of ether oxygens (including phenoxy) is 1. The third-order valence-electron chi connectivity index (χ3n) is 2.80.